The first-order valence-electron chi connectivity index (χ1n) is 15.5. The van der Waals surface area contributed by atoms with Gasteiger partial charge in [-0.2, -0.15) is 0 Å². The number of nitrogens with zero attached hydrogens (tertiary/aromatic N) is 3. The number of likely N-dealkylation sites (N-methyl/N-ethyl adjacent to an activating group) is 1. The molecule has 4 rings (SSSR count). The second kappa shape index (κ2) is 16.0. The van der Waals surface area contributed by atoms with Crippen LogP contribution in [0.4, 0.5) is 11.4 Å². The molecule has 0 unspecified atom stereocenters. The highest BCUT2D eigenvalue weighted by Gasteiger charge is 2.21. The summed E-state index contributed by atoms with van der Waals surface area (Å²) in [6.07, 6.45) is 3.02. The minimum absolute atomic E-state index is 0.0637. The van der Waals surface area contributed by atoms with Gasteiger partial charge in [0, 0.05) is 51.3 Å². The highest BCUT2D eigenvalue weighted by molar-refractivity contribution is 6.09. The van der Waals surface area contributed by atoms with E-state index in [4.69, 9.17) is 14.2 Å². The van der Waals surface area contributed by atoms with Gasteiger partial charge in [0.1, 0.15) is 23.0 Å². The fraction of sp³-hybridized carbons (Fsp3) is 0.400. The third-order valence-corrected chi connectivity index (χ3v) is 8.08. The fourth-order valence-corrected chi connectivity index (χ4v) is 5.22. The lowest BCUT2D eigenvalue weighted by Gasteiger charge is -2.32. The van der Waals surface area contributed by atoms with Crippen molar-refractivity contribution in [2.45, 2.75) is 32.6 Å². The zero-order valence-corrected chi connectivity index (χ0v) is 27.3. The highest BCUT2D eigenvalue weighted by Crippen LogP contribution is 2.33. The molecule has 0 radical (unpaired) electrons. The molecule has 0 aromatic heterocycles. The summed E-state index contributed by atoms with van der Waals surface area (Å²) in [6, 6.07) is 14.8. The Morgan fingerprint density at radius 3 is 2.35 bits per heavy atom. The molecule has 246 valence electrons. The number of methoxy groups -OCH3 is 2. The number of phenolic OH excluding ortho intramolecular Hbond substituents is 1. The molecule has 3 amide bonds. The van der Waals surface area contributed by atoms with Crippen LogP contribution in [0.25, 0.3) is 0 Å². The molecule has 1 aliphatic heterocycles. The van der Waals surface area contributed by atoms with E-state index in [2.05, 4.69) is 17.3 Å². The quantitative estimate of drug-likeness (QED) is 0.254. The summed E-state index contributed by atoms with van der Waals surface area (Å²) in [7, 11) is 6.67. The van der Waals surface area contributed by atoms with Crippen LogP contribution in [0.3, 0.4) is 0 Å². The van der Waals surface area contributed by atoms with E-state index in [1.807, 2.05) is 30.0 Å². The van der Waals surface area contributed by atoms with Crippen LogP contribution >= 0.6 is 0 Å². The molecule has 0 saturated carbocycles. The molecule has 11 heteroatoms. The Hall–Kier alpha value is -4.77. The third kappa shape index (κ3) is 8.69. The molecule has 3 aromatic carbocycles. The van der Waals surface area contributed by atoms with Gasteiger partial charge < -0.3 is 39.3 Å². The SMILES string of the molecule is COc1ccc(C(=O)Nc2ccc(C(=O)N(C)c3ccc(C)cc3OCCCCCC(=O)N3CCN(C)CC3)cc2OC)c(O)c1. The second-order valence-electron chi connectivity index (χ2n) is 11.4. The number of hydrogen-bond acceptors (Lipinski definition) is 8. The van der Waals surface area contributed by atoms with Gasteiger partial charge in [0.05, 0.1) is 37.8 Å². The number of carbonyl (C=O) groups is 3. The number of aromatic hydroxyl groups is 1. The number of amides is 3. The standard InChI is InChI=1S/C35H44N4O7/c1-24-10-15-29(32(21-24)46-20-8-6-7-9-33(41)39-18-16-37(2)17-19-39)38(3)35(43)25-11-14-28(31(22-25)45-5)36-34(42)27-13-12-26(44-4)23-30(27)40/h10-15,21-23,40H,6-9,16-20H2,1-5H3,(H,36,42). The summed E-state index contributed by atoms with van der Waals surface area (Å²) < 4.78 is 16.7. The number of aryl methyl sites for hydroxylation is 1. The molecular weight excluding hydrogens is 588 g/mol. The first-order chi connectivity index (χ1) is 22.1. The van der Waals surface area contributed by atoms with Crippen molar-refractivity contribution in [2.24, 2.45) is 0 Å². The van der Waals surface area contributed by atoms with Crippen molar-refractivity contribution in [3.8, 4) is 23.0 Å². The van der Waals surface area contributed by atoms with Gasteiger partial charge in [0.2, 0.25) is 5.91 Å². The summed E-state index contributed by atoms with van der Waals surface area (Å²) in [5.74, 6) is 0.463. The van der Waals surface area contributed by atoms with Gasteiger partial charge >= 0.3 is 0 Å². The van der Waals surface area contributed by atoms with Crippen molar-refractivity contribution in [1.29, 1.82) is 0 Å². The van der Waals surface area contributed by atoms with Gasteiger partial charge in [-0.25, -0.2) is 0 Å². The Balaban J connectivity index is 1.35. The molecule has 3 aromatic rings. The van der Waals surface area contributed by atoms with Crippen LogP contribution in [0, 0.1) is 6.92 Å². The number of rotatable bonds is 13. The molecule has 2 N–H and O–H groups in total. The van der Waals surface area contributed by atoms with E-state index >= 15 is 0 Å². The predicted molar refractivity (Wildman–Crippen MR) is 178 cm³/mol. The largest absolute Gasteiger partial charge is 0.507 e. The van der Waals surface area contributed by atoms with Gasteiger partial charge in [-0.15, -0.1) is 0 Å². The Bertz CT molecular complexity index is 1540. The van der Waals surface area contributed by atoms with Gasteiger partial charge in [-0.05, 0) is 81.3 Å². The van der Waals surface area contributed by atoms with E-state index in [9.17, 15) is 19.5 Å². The molecular formula is C35H44N4O7. The van der Waals surface area contributed by atoms with E-state index in [-0.39, 0.29) is 28.9 Å². The van der Waals surface area contributed by atoms with Gasteiger partial charge in [-0.3, -0.25) is 14.4 Å². The number of nitrogens with one attached hydrogen (secondary N) is 1. The fourth-order valence-electron chi connectivity index (χ4n) is 5.22. The molecule has 0 bridgehead atoms. The molecule has 11 nitrogen and oxygen atoms in total. The minimum atomic E-state index is -0.544. The molecule has 0 spiro atoms. The lowest BCUT2D eigenvalue weighted by molar-refractivity contribution is -0.132. The zero-order chi connectivity index (χ0) is 33.2. The molecule has 1 saturated heterocycles. The van der Waals surface area contributed by atoms with Crippen LogP contribution in [0.5, 0.6) is 23.0 Å². The average molecular weight is 633 g/mol. The molecule has 46 heavy (non-hydrogen) atoms. The van der Waals surface area contributed by atoms with Gasteiger partial charge in [0.25, 0.3) is 11.8 Å². The first kappa shape index (κ1) is 34.1. The topological polar surface area (TPSA) is 121 Å². The smallest absolute Gasteiger partial charge is 0.259 e. The van der Waals surface area contributed by atoms with Crippen LogP contribution in [0.15, 0.2) is 54.6 Å². The number of phenols is 1. The second-order valence-corrected chi connectivity index (χ2v) is 11.4. The van der Waals surface area contributed by atoms with Crippen LogP contribution in [0.2, 0.25) is 0 Å². The number of piperazine rings is 1. The minimum Gasteiger partial charge on any atom is -0.507 e. The summed E-state index contributed by atoms with van der Waals surface area (Å²) in [5.41, 5.74) is 2.37. The Labute approximate surface area is 270 Å². The molecule has 1 aliphatic rings. The van der Waals surface area contributed by atoms with Gasteiger partial charge in [-0.1, -0.05) is 6.07 Å². The number of unbranched alkanes of at least 4 members (excludes halogenated alkanes) is 2. The van der Waals surface area contributed by atoms with E-state index in [1.54, 1.807) is 31.3 Å². The van der Waals surface area contributed by atoms with Crippen LogP contribution in [0.1, 0.15) is 52.0 Å². The maximum Gasteiger partial charge on any atom is 0.259 e. The summed E-state index contributed by atoms with van der Waals surface area (Å²) in [6.45, 7) is 5.86. The monoisotopic (exact) mass is 632 g/mol. The van der Waals surface area contributed by atoms with Crippen molar-refractivity contribution in [1.82, 2.24) is 9.80 Å². The van der Waals surface area contributed by atoms with E-state index in [0.29, 0.717) is 41.5 Å². The average Bonchev–Trinajstić information content (AvgIpc) is 3.05. The summed E-state index contributed by atoms with van der Waals surface area (Å²) >= 11 is 0. The zero-order valence-electron chi connectivity index (χ0n) is 27.3. The van der Waals surface area contributed by atoms with Crippen LogP contribution in [-0.2, 0) is 4.79 Å². The molecule has 0 atom stereocenters. The molecule has 1 fully saturated rings. The van der Waals surface area contributed by atoms with Gasteiger partial charge in [0.15, 0.2) is 0 Å². The molecule has 1 heterocycles. The van der Waals surface area contributed by atoms with Crippen molar-refractivity contribution in [2.75, 3.05) is 71.3 Å². The Morgan fingerprint density at radius 2 is 1.65 bits per heavy atom. The lowest BCUT2D eigenvalue weighted by atomic mass is 10.1. The number of benzene rings is 3. The predicted octanol–water partition coefficient (Wildman–Crippen LogP) is 4.96. The summed E-state index contributed by atoms with van der Waals surface area (Å²) in [4.78, 5) is 44.6. The Kier molecular flexibility index (Phi) is 11.9. The third-order valence-electron chi connectivity index (χ3n) is 8.08. The van der Waals surface area contributed by atoms with Crippen molar-refractivity contribution >= 4 is 29.1 Å². The number of ether oxygens (including phenoxy) is 3. The molecule has 0 aliphatic carbocycles. The van der Waals surface area contributed by atoms with Crippen molar-refractivity contribution in [3.05, 3.63) is 71.3 Å². The first-order valence-corrected chi connectivity index (χ1v) is 15.5. The Morgan fingerprint density at radius 1 is 0.891 bits per heavy atom. The maximum atomic E-state index is 13.6. The summed E-state index contributed by atoms with van der Waals surface area (Å²) in [5, 5.41) is 13.0. The highest BCUT2D eigenvalue weighted by atomic mass is 16.5. The van der Waals surface area contributed by atoms with Crippen molar-refractivity contribution < 1.29 is 33.7 Å². The van der Waals surface area contributed by atoms with Crippen LogP contribution in [-0.4, -0.2) is 93.7 Å². The van der Waals surface area contributed by atoms with E-state index in [0.717, 1.165) is 51.0 Å². The number of hydrogen-bond donors (Lipinski definition) is 2. The normalized spacial score (nSPS) is 13.2. The van der Waals surface area contributed by atoms with Crippen LogP contribution < -0.4 is 24.4 Å². The maximum absolute atomic E-state index is 13.6. The van der Waals surface area contributed by atoms with Crippen molar-refractivity contribution in [3.63, 3.8) is 0 Å². The number of carbonyl (C=O) groups excluding carboxylic acids is 3. The lowest BCUT2D eigenvalue weighted by Crippen LogP contribution is -2.47. The van der Waals surface area contributed by atoms with E-state index in [1.165, 1.54) is 31.3 Å². The van der Waals surface area contributed by atoms with E-state index < -0.39 is 5.91 Å². The number of anilines is 2.